The molecule has 1 nitrogen and oxygen atoms in total. The fourth-order valence-electron chi connectivity index (χ4n) is 1.25. The molecule has 1 rings (SSSR count). The lowest BCUT2D eigenvalue weighted by atomic mass is 10.2. The van der Waals surface area contributed by atoms with Crippen LogP contribution in [0.25, 0.3) is 0 Å². The zero-order valence-corrected chi connectivity index (χ0v) is 9.37. The largest absolute Gasteiger partial charge is 0.313 e. The van der Waals surface area contributed by atoms with Crippen LogP contribution in [-0.2, 0) is 6.54 Å². The highest BCUT2D eigenvalue weighted by molar-refractivity contribution is 6.31. The van der Waals surface area contributed by atoms with E-state index in [2.05, 4.69) is 12.2 Å². The van der Waals surface area contributed by atoms with Gasteiger partial charge in [-0.1, -0.05) is 24.9 Å². The van der Waals surface area contributed by atoms with Crippen molar-refractivity contribution in [2.45, 2.75) is 26.3 Å². The van der Waals surface area contributed by atoms with Crippen LogP contribution >= 0.6 is 11.6 Å². The molecule has 0 bridgehead atoms. The summed E-state index contributed by atoms with van der Waals surface area (Å²) in [6.07, 6.45) is 2.07. The quantitative estimate of drug-likeness (QED) is 0.606. The maximum atomic E-state index is 13.2. The number of halogens is 3. The van der Waals surface area contributed by atoms with Gasteiger partial charge in [-0.25, -0.2) is 8.78 Å². The summed E-state index contributed by atoms with van der Waals surface area (Å²) in [5, 5.41) is 2.89. The number of hydrogen-bond donors (Lipinski definition) is 1. The van der Waals surface area contributed by atoms with Crippen molar-refractivity contribution in [2.24, 2.45) is 0 Å². The summed E-state index contributed by atoms with van der Waals surface area (Å²) in [5.41, 5.74) is 0.202. The van der Waals surface area contributed by atoms with Crippen LogP contribution in [-0.4, -0.2) is 6.54 Å². The van der Waals surface area contributed by atoms with Crippen molar-refractivity contribution in [1.82, 2.24) is 5.32 Å². The van der Waals surface area contributed by atoms with Crippen LogP contribution in [0.5, 0.6) is 0 Å². The average molecular weight is 234 g/mol. The Morgan fingerprint density at radius 3 is 2.60 bits per heavy atom. The summed E-state index contributed by atoms with van der Waals surface area (Å²) in [4.78, 5) is 0. The van der Waals surface area contributed by atoms with Gasteiger partial charge in [0.1, 0.15) is 11.6 Å². The number of rotatable bonds is 5. The molecule has 0 spiro atoms. The maximum Gasteiger partial charge on any atom is 0.142 e. The third-order valence-electron chi connectivity index (χ3n) is 2.15. The van der Waals surface area contributed by atoms with E-state index in [1.165, 1.54) is 0 Å². The molecule has 1 aromatic rings. The highest BCUT2D eigenvalue weighted by Gasteiger charge is 2.10. The predicted molar refractivity (Wildman–Crippen MR) is 58.0 cm³/mol. The van der Waals surface area contributed by atoms with Crippen LogP contribution < -0.4 is 5.32 Å². The van der Waals surface area contributed by atoms with Gasteiger partial charge < -0.3 is 5.32 Å². The molecule has 0 heterocycles. The minimum atomic E-state index is -0.578. The standard InChI is InChI=1S/C11H14ClF2N/c1-2-3-6-15-7-8-9(13)4-5-10(14)11(8)12/h4-5,15H,2-3,6-7H2,1H3. The van der Waals surface area contributed by atoms with E-state index < -0.39 is 11.6 Å². The molecule has 0 unspecified atom stereocenters. The Bertz CT molecular complexity index is 329. The molecule has 0 radical (unpaired) electrons. The molecule has 0 aliphatic heterocycles. The fraction of sp³-hybridized carbons (Fsp3) is 0.455. The summed E-state index contributed by atoms with van der Waals surface area (Å²) in [7, 11) is 0. The van der Waals surface area contributed by atoms with Crippen molar-refractivity contribution in [3.8, 4) is 0 Å². The molecule has 1 N–H and O–H groups in total. The Kier molecular flexibility index (Phi) is 4.99. The molecule has 1 aromatic carbocycles. The summed E-state index contributed by atoms with van der Waals surface area (Å²) >= 11 is 5.66. The Balaban J connectivity index is 2.63. The Morgan fingerprint density at radius 2 is 1.93 bits per heavy atom. The van der Waals surface area contributed by atoms with E-state index in [0.717, 1.165) is 31.5 Å². The molecule has 0 saturated carbocycles. The van der Waals surface area contributed by atoms with Crippen LogP contribution in [0.4, 0.5) is 8.78 Å². The van der Waals surface area contributed by atoms with Crippen molar-refractivity contribution >= 4 is 11.6 Å². The second-order valence-electron chi connectivity index (χ2n) is 3.35. The van der Waals surface area contributed by atoms with Crippen molar-refractivity contribution in [2.75, 3.05) is 6.54 Å². The van der Waals surface area contributed by atoms with Gasteiger partial charge in [0, 0.05) is 12.1 Å². The third kappa shape index (κ3) is 3.43. The van der Waals surface area contributed by atoms with Gasteiger partial charge in [0.05, 0.1) is 5.02 Å². The number of nitrogens with one attached hydrogen (secondary N) is 1. The number of benzene rings is 1. The van der Waals surface area contributed by atoms with Gasteiger partial charge in [-0.15, -0.1) is 0 Å². The van der Waals surface area contributed by atoms with Gasteiger partial charge in [-0.2, -0.15) is 0 Å². The summed E-state index contributed by atoms with van der Waals surface area (Å²) < 4.78 is 26.3. The van der Waals surface area contributed by atoms with E-state index in [1.54, 1.807) is 0 Å². The molecule has 0 aromatic heterocycles. The van der Waals surface area contributed by atoms with Crippen molar-refractivity contribution in [1.29, 1.82) is 0 Å². The molecule has 0 aliphatic rings. The maximum absolute atomic E-state index is 13.2. The molecular formula is C11H14ClF2N. The second-order valence-corrected chi connectivity index (χ2v) is 3.73. The lowest BCUT2D eigenvalue weighted by Gasteiger charge is -2.07. The Labute approximate surface area is 93.4 Å². The van der Waals surface area contributed by atoms with Crippen molar-refractivity contribution in [3.05, 3.63) is 34.4 Å². The normalized spacial score (nSPS) is 10.7. The zero-order valence-electron chi connectivity index (χ0n) is 8.62. The van der Waals surface area contributed by atoms with Gasteiger partial charge in [0.15, 0.2) is 0 Å². The first kappa shape index (κ1) is 12.4. The smallest absolute Gasteiger partial charge is 0.142 e. The molecule has 4 heteroatoms. The average Bonchev–Trinajstić information content (AvgIpc) is 2.23. The summed E-state index contributed by atoms with van der Waals surface area (Å²) in [5.74, 6) is -1.05. The first-order valence-corrected chi connectivity index (χ1v) is 5.37. The highest BCUT2D eigenvalue weighted by Crippen LogP contribution is 2.22. The third-order valence-corrected chi connectivity index (χ3v) is 2.56. The fourth-order valence-corrected chi connectivity index (χ4v) is 1.47. The van der Waals surface area contributed by atoms with Crippen LogP contribution in [0.15, 0.2) is 12.1 Å². The molecule has 0 saturated heterocycles. The summed E-state index contributed by atoms with van der Waals surface area (Å²) in [6, 6.07) is 2.13. The first-order chi connectivity index (χ1) is 7.16. The van der Waals surface area contributed by atoms with E-state index >= 15 is 0 Å². The minimum Gasteiger partial charge on any atom is -0.313 e. The van der Waals surface area contributed by atoms with Crippen LogP contribution in [0.3, 0.4) is 0 Å². The molecule has 0 fully saturated rings. The SMILES string of the molecule is CCCCNCc1c(F)ccc(F)c1Cl. The molecule has 84 valence electrons. The molecule has 0 amide bonds. The lowest BCUT2D eigenvalue weighted by molar-refractivity contribution is 0.564. The molecular weight excluding hydrogens is 220 g/mol. The lowest BCUT2D eigenvalue weighted by Crippen LogP contribution is -2.16. The van der Waals surface area contributed by atoms with Gasteiger partial charge in [-0.3, -0.25) is 0 Å². The number of unbranched alkanes of at least 4 members (excludes halogenated alkanes) is 1. The predicted octanol–water partition coefficient (Wildman–Crippen LogP) is 3.51. The molecule has 0 aliphatic carbocycles. The van der Waals surface area contributed by atoms with Crippen LogP contribution in [0, 0.1) is 11.6 Å². The second kappa shape index (κ2) is 6.03. The van der Waals surface area contributed by atoms with Crippen molar-refractivity contribution in [3.63, 3.8) is 0 Å². The van der Waals surface area contributed by atoms with E-state index in [0.29, 0.717) is 0 Å². The molecule has 0 atom stereocenters. The zero-order chi connectivity index (χ0) is 11.3. The Hall–Kier alpha value is -0.670. The Morgan fingerprint density at radius 1 is 1.27 bits per heavy atom. The van der Waals surface area contributed by atoms with E-state index in [4.69, 9.17) is 11.6 Å². The molecule has 15 heavy (non-hydrogen) atoms. The number of hydrogen-bond acceptors (Lipinski definition) is 1. The van der Waals surface area contributed by atoms with Gasteiger partial charge in [0.25, 0.3) is 0 Å². The van der Waals surface area contributed by atoms with Crippen molar-refractivity contribution < 1.29 is 8.78 Å². The monoisotopic (exact) mass is 233 g/mol. The summed E-state index contributed by atoms with van der Waals surface area (Å²) in [6.45, 7) is 3.11. The van der Waals surface area contributed by atoms with Gasteiger partial charge in [0.2, 0.25) is 0 Å². The van der Waals surface area contributed by atoms with Gasteiger partial charge >= 0.3 is 0 Å². The minimum absolute atomic E-state index is 0.126. The van der Waals surface area contributed by atoms with Gasteiger partial charge in [-0.05, 0) is 25.1 Å². The van der Waals surface area contributed by atoms with Crippen LogP contribution in [0.2, 0.25) is 5.02 Å². The van der Waals surface area contributed by atoms with E-state index in [-0.39, 0.29) is 17.1 Å². The highest BCUT2D eigenvalue weighted by atomic mass is 35.5. The van der Waals surface area contributed by atoms with Crippen LogP contribution in [0.1, 0.15) is 25.3 Å². The topological polar surface area (TPSA) is 12.0 Å². The van der Waals surface area contributed by atoms with E-state index in [1.807, 2.05) is 0 Å². The first-order valence-electron chi connectivity index (χ1n) is 5.00. The van der Waals surface area contributed by atoms with E-state index in [9.17, 15) is 8.78 Å².